The third-order valence-corrected chi connectivity index (χ3v) is 3.13. The van der Waals surface area contributed by atoms with Gasteiger partial charge in [0, 0.05) is 12.3 Å². The number of carbonyl (C=O) groups is 1. The van der Waals surface area contributed by atoms with E-state index in [0.717, 1.165) is 6.42 Å². The second-order valence-electron chi connectivity index (χ2n) is 4.09. The van der Waals surface area contributed by atoms with Crippen LogP contribution in [0.5, 0.6) is 0 Å². The van der Waals surface area contributed by atoms with Crippen molar-refractivity contribution in [2.75, 3.05) is 0 Å². The van der Waals surface area contributed by atoms with E-state index in [9.17, 15) is 4.79 Å². The smallest absolute Gasteiger partial charge is 0.140 e. The molecule has 1 nitrogen and oxygen atoms in total. The molecule has 0 radical (unpaired) electrons. The van der Waals surface area contributed by atoms with Crippen LogP contribution in [0.15, 0.2) is 11.6 Å². The molecule has 12 heavy (non-hydrogen) atoms. The number of allylic oxidation sites excluding steroid dienone is 2. The summed E-state index contributed by atoms with van der Waals surface area (Å²) < 4.78 is 0. The fraction of sp³-hybridized carbons (Fsp3) is 0.727. The van der Waals surface area contributed by atoms with E-state index >= 15 is 0 Å². The first-order valence-corrected chi connectivity index (χ1v) is 5.03. The molecule has 0 spiro atoms. The molecular formula is C11H16O. The van der Waals surface area contributed by atoms with Crippen molar-refractivity contribution in [3.8, 4) is 0 Å². The van der Waals surface area contributed by atoms with Crippen LogP contribution >= 0.6 is 0 Å². The molecule has 66 valence electrons. The molecule has 2 aliphatic carbocycles. The number of hydrogen-bond donors (Lipinski definition) is 0. The van der Waals surface area contributed by atoms with Crippen molar-refractivity contribution in [2.45, 2.75) is 39.0 Å². The van der Waals surface area contributed by atoms with E-state index in [1.807, 2.05) is 0 Å². The Morgan fingerprint density at radius 3 is 2.92 bits per heavy atom. The van der Waals surface area contributed by atoms with E-state index < -0.39 is 0 Å². The van der Waals surface area contributed by atoms with Crippen molar-refractivity contribution in [2.24, 2.45) is 11.8 Å². The molecule has 0 aromatic carbocycles. The molecule has 0 aromatic heterocycles. The van der Waals surface area contributed by atoms with Gasteiger partial charge in [0.2, 0.25) is 0 Å². The van der Waals surface area contributed by atoms with Gasteiger partial charge in [-0.25, -0.2) is 0 Å². The quantitative estimate of drug-likeness (QED) is 0.586. The number of fused-ring (bicyclic) bond motifs is 1. The average molecular weight is 164 g/mol. The second-order valence-corrected chi connectivity index (χ2v) is 4.09. The minimum atomic E-state index is 0.344. The second kappa shape index (κ2) is 3.04. The van der Waals surface area contributed by atoms with E-state index in [2.05, 4.69) is 13.0 Å². The van der Waals surface area contributed by atoms with Gasteiger partial charge in [0.1, 0.15) is 5.78 Å². The highest BCUT2D eigenvalue weighted by molar-refractivity contribution is 5.90. The summed E-state index contributed by atoms with van der Waals surface area (Å²) in [4.78, 5) is 11.1. The van der Waals surface area contributed by atoms with Gasteiger partial charge in [-0.2, -0.15) is 0 Å². The Balaban J connectivity index is 1.89. The molecule has 2 rings (SSSR count). The Bertz CT molecular complexity index is 227. The maximum absolute atomic E-state index is 11.1. The molecule has 0 unspecified atom stereocenters. The number of ketones is 1. The summed E-state index contributed by atoms with van der Waals surface area (Å²) in [6.07, 6.45) is 8.11. The summed E-state index contributed by atoms with van der Waals surface area (Å²) in [5, 5.41) is 0. The lowest BCUT2D eigenvalue weighted by Gasteiger charge is -2.27. The van der Waals surface area contributed by atoms with Gasteiger partial charge in [-0.05, 0) is 25.2 Å². The van der Waals surface area contributed by atoms with Crippen LogP contribution in [0.4, 0.5) is 0 Å². The van der Waals surface area contributed by atoms with E-state index in [1.165, 1.54) is 25.7 Å². The zero-order valence-corrected chi connectivity index (χ0v) is 7.68. The van der Waals surface area contributed by atoms with Crippen LogP contribution in [0.1, 0.15) is 39.0 Å². The lowest BCUT2D eigenvalue weighted by Crippen LogP contribution is -2.32. The fourth-order valence-corrected chi connectivity index (χ4v) is 2.30. The van der Waals surface area contributed by atoms with E-state index in [0.29, 0.717) is 17.6 Å². The van der Waals surface area contributed by atoms with Crippen LogP contribution in [0.3, 0.4) is 0 Å². The molecular weight excluding hydrogens is 148 g/mol. The number of rotatable bonds is 3. The molecule has 0 saturated heterocycles. The van der Waals surface area contributed by atoms with Crippen molar-refractivity contribution in [3.63, 3.8) is 0 Å². The maximum Gasteiger partial charge on any atom is 0.140 e. The Hall–Kier alpha value is -0.590. The lowest BCUT2D eigenvalue weighted by atomic mass is 9.75. The van der Waals surface area contributed by atoms with Crippen LogP contribution in [0.2, 0.25) is 0 Å². The molecule has 1 saturated carbocycles. The lowest BCUT2D eigenvalue weighted by molar-refractivity contribution is -0.130. The van der Waals surface area contributed by atoms with Crippen molar-refractivity contribution < 1.29 is 4.79 Å². The first kappa shape index (κ1) is 8.03. The van der Waals surface area contributed by atoms with Gasteiger partial charge in [0.05, 0.1) is 0 Å². The van der Waals surface area contributed by atoms with Crippen LogP contribution in [0.25, 0.3) is 0 Å². The van der Waals surface area contributed by atoms with E-state index in [4.69, 9.17) is 0 Å². The number of hydrogen-bond acceptors (Lipinski definition) is 1. The number of unbranched alkanes of at least 4 members (excludes halogenated alkanes) is 1. The monoisotopic (exact) mass is 164 g/mol. The Morgan fingerprint density at radius 1 is 1.50 bits per heavy atom. The minimum Gasteiger partial charge on any atom is -0.299 e. The number of Topliss-reactive ketones (excluding diaryl/α,β-unsaturated/α-hetero) is 1. The maximum atomic E-state index is 11.1. The molecule has 1 heteroatoms. The highest BCUT2D eigenvalue weighted by Crippen LogP contribution is 2.43. The zero-order chi connectivity index (χ0) is 8.55. The third-order valence-electron chi connectivity index (χ3n) is 3.13. The summed E-state index contributed by atoms with van der Waals surface area (Å²) >= 11 is 0. The summed E-state index contributed by atoms with van der Waals surface area (Å²) in [7, 11) is 0. The van der Waals surface area contributed by atoms with Crippen molar-refractivity contribution >= 4 is 5.78 Å². The van der Waals surface area contributed by atoms with Gasteiger partial charge < -0.3 is 0 Å². The fourth-order valence-electron chi connectivity index (χ4n) is 2.30. The minimum absolute atomic E-state index is 0.344. The van der Waals surface area contributed by atoms with E-state index in [1.54, 1.807) is 5.57 Å². The molecule has 0 bridgehead atoms. The van der Waals surface area contributed by atoms with Crippen molar-refractivity contribution in [1.82, 2.24) is 0 Å². The van der Waals surface area contributed by atoms with Crippen LogP contribution in [-0.2, 0) is 4.79 Å². The van der Waals surface area contributed by atoms with Gasteiger partial charge in [-0.1, -0.05) is 25.0 Å². The molecule has 2 atom stereocenters. The van der Waals surface area contributed by atoms with Gasteiger partial charge in [0.15, 0.2) is 0 Å². The Labute approximate surface area is 73.8 Å². The largest absolute Gasteiger partial charge is 0.299 e. The van der Waals surface area contributed by atoms with Crippen LogP contribution in [0, 0.1) is 11.8 Å². The topological polar surface area (TPSA) is 17.1 Å². The SMILES string of the molecule is CCCCC1=C[C@H]2C(=O)C[C@H]2C1. The summed E-state index contributed by atoms with van der Waals surface area (Å²) in [5.74, 6) is 1.53. The molecule has 0 aromatic rings. The van der Waals surface area contributed by atoms with Crippen molar-refractivity contribution in [1.29, 1.82) is 0 Å². The molecule has 2 aliphatic rings. The van der Waals surface area contributed by atoms with Gasteiger partial charge >= 0.3 is 0 Å². The van der Waals surface area contributed by atoms with Crippen LogP contribution < -0.4 is 0 Å². The van der Waals surface area contributed by atoms with Crippen molar-refractivity contribution in [3.05, 3.63) is 11.6 Å². The molecule has 1 fully saturated rings. The molecule has 0 N–H and O–H groups in total. The highest BCUT2D eigenvalue weighted by Gasteiger charge is 2.41. The normalized spacial score (nSPS) is 32.8. The average Bonchev–Trinajstić information content (AvgIpc) is 2.39. The first-order chi connectivity index (χ1) is 5.81. The van der Waals surface area contributed by atoms with Gasteiger partial charge in [-0.15, -0.1) is 0 Å². The zero-order valence-electron chi connectivity index (χ0n) is 7.68. The molecule has 0 aliphatic heterocycles. The predicted octanol–water partition coefficient (Wildman–Crippen LogP) is 2.71. The predicted molar refractivity (Wildman–Crippen MR) is 48.8 cm³/mol. The third kappa shape index (κ3) is 1.21. The molecule has 0 heterocycles. The molecule has 0 amide bonds. The summed E-state index contributed by atoms with van der Waals surface area (Å²) in [6, 6.07) is 0. The highest BCUT2D eigenvalue weighted by atomic mass is 16.1. The summed E-state index contributed by atoms with van der Waals surface area (Å²) in [6.45, 7) is 2.22. The van der Waals surface area contributed by atoms with E-state index in [-0.39, 0.29) is 0 Å². The van der Waals surface area contributed by atoms with Crippen LogP contribution in [-0.4, -0.2) is 5.78 Å². The Morgan fingerprint density at radius 2 is 2.33 bits per heavy atom. The van der Waals surface area contributed by atoms with Gasteiger partial charge in [-0.3, -0.25) is 4.79 Å². The first-order valence-electron chi connectivity index (χ1n) is 5.03. The number of carbonyl (C=O) groups excluding carboxylic acids is 1. The van der Waals surface area contributed by atoms with Gasteiger partial charge in [0.25, 0.3) is 0 Å². The standard InChI is InChI=1S/C11H16O/c1-2-3-4-8-5-9-7-11(12)10(9)6-8/h6,9-10H,2-5,7H2,1H3/t9-,10-/m1/s1. The summed E-state index contributed by atoms with van der Waals surface area (Å²) in [5.41, 5.74) is 1.55. The Kier molecular flexibility index (Phi) is 2.03.